The molecular weight excluding hydrogens is 282 g/mol. The molecule has 0 aliphatic carbocycles. The summed E-state index contributed by atoms with van der Waals surface area (Å²) >= 11 is 0. The lowest BCUT2D eigenvalue weighted by molar-refractivity contribution is 0.154. The zero-order valence-electron chi connectivity index (χ0n) is 12.0. The molecule has 0 radical (unpaired) electrons. The van der Waals surface area contributed by atoms with Crippen LogP contribution in [-0.2, 0) is 0 Å². The monoisotopic (exact) mass is 297 g/mol. The predicted octanol–water partition coefficient (Wildman–Crippen LogP) is 1.80. The van der Waals surface area contributed by atoms with E-state index in [1.165, 1.54) is 0 Å². The summed E-state index contributed by atoms with van der Waals surface area (Å²) in [5, 5.41) is 20.1. The van der Waals surface area contributed by atoms with E-state index in [1.807, 2.05) is 23.1 Å². The van der Waals surface area contributed by atoms with Gasteiger partial charge in [0.1, 0.15) is 11.9 Å². The quantitative estimate of drug-likeness (QED) is 0.864. The highest BCUT2D eigenvalue weighted by Gasteiger charge is 2.23. The fourth-order valence-electron chi connectivity index (χ4n) is 3.02. The van der Waals surface area contributed by atoms with Crippen molar-refractivity contribution in [3.63, 3.8) is 0 Å². The molecule has 1 saturated heterocycles. The first-order chi connectivity index (χ1) is 10.7. The van der Waals surface area contributed by atoms with Crippen molar-refractivity contribution in [2.24, 2.45) is 0 Å². The minimum absolute atomic E-state index is 0.210. The van der Waals surface area contributed by atoms with Crippen LogP contribution in [0, 0.1) is 11.3 Å². The molecule has 0 unspecified atom stereocenters. The van der Waals surface area contributed by atoms with Crippen LogP contribution in [0.3, 0.4) is 0 Å². The second-order valence-electron chi connectivity index (χ2n) is 5.61. The van der Waals surface area contributed by atoms with E-state index in [1.54, 1.807) is 0 Å². The number of ether oxygens (including phenoxy) is 2. The van der Waals surface area contributed by atoms with Gasteiger partial charge in [-0.25, -0.2) is 4.98 Å². The summed E-state index contributed by atoms with van der Waals surface area (Å²) in [6, 6.07) is 7.71. The van der Waals surface area contributed by atoms with Crippen LogP contribution in [0.15, 0.2) is 18.2 Å². The van der Waals surface area contributed by atoms with Gasteiger partial charge in [-0.2, -0.15) is 5.26 Å². The molecule has 22 heavy (non-hydrogen) atoms. The van der Waals surface area contributed by atoms with Crippen LogP contribution >= 0.6 is 0 Å². The standard InChI is InChI=1S/C16H15N3O3/c17-7-11-4-10-5-14-15(22-9-21-14)6-13(10)18-16(11)19-3-1-2-12(20)8-19/h4-6,12,20H,1-3,8-9H2/t12-/m0/s1. The van der Waals surface area contributed by atoms with Crippen LogP contribution in [0.5, 0.6) is 11.5 Å². The van der Waals surface area contributed by atoms with E-state index in [9.17, 15) is 10.4 Å². The third-order valence-corrected chi connectivity index (χ3v) is 4.11. The summed E-state index contributed by atoms with van der Waals surface area (Å²) in [5.41, 5.74) is 1.28. The van der Waals surface area contributed by atoms with E-state index >= 15 is 0 Å². The summed E-state index contributed by atoms with van der Waals surface area (Å²) in [5.74, 6) is 1.99. The molecule has 1 fully saturated rings. The smallest absolute Gasteiger partial charge is 0.231 e. The molecule has 112 valence electrons. The number of fused-ring (bicyclic) bond motifs is 2. The van der Waals surface area contributed by atoms with Crippen LogP contribution in [0.4, 0.5) is 5.82 Å². The van der Waals surface area contributed by atoms with Crippen molar-refractivity contribution in [1.29, 1.82) is 5.26 Å². The maximum atomic E-state index is 9.86. The highest BCUT2D eigenvalue weighted by Crippen LogP contribution is 2.37. The van der Waals surface area contributed by atoms with Crippen LogP contribution in [0.2, 0.25) is 0 Å². The van der Waals surface area contributed by atoms with Crippen molar-refractivity contribution in [1.82, 2.24) is 4.98 Å². The number of piperidine rings is 1. The molecule has 6 heteroatoms. The zero-order valence-corrected chi connectivity index (χ0v) is 12.0. The molecule has 2 aliphatic heterocycles. The van der Waals surface area contributed by atoms with Crippen LogP contribution in [0.1, 0.15) is 18.4 Å². The number of anilines is 1. The van der Waals surface area contributed by atoms with Gasteiger partial charge in [0.25, 0.3) is 0 Å². The third kappa shape index (κ3) is 2.11. The van der Waals surface area contributed by atoms with Crippen molar-refractivity contribution in [2.45, 2.75) is 18.9 Å². The fourth-order valence-corrected chi connectivity index (χ4v) is 3.02. The number of aliphatic hydroxyl groups excluding tert-OH is 1. The Morgan fingerprint density at radius 2 is 2.09 bits per heavy atom. The molecule has 2 aliphatic rings. The molecule has 2 aromatic rings. The molecular formula is C16H15N3O3. The first kappa shape index (κ1) is 13.2. The lowest BCUT2D eigenvalue weighted by atomic mass is 10.1. The normalized spacial score (nSPS) is 20.2. The Kier molecular flexibility index (Phi) is 3.01. The lowest BCUT2D eigenvalue weighted by Crippen LogP contribution is -2.39. The van der Waals surface area contributed by atoms with E-state index < -0.39 is 0 Å². The van der Waals surface area contributed by atoms with Crippen molar-refractivity contribution < 1.29 is 14.6 Å². The van der Waals surface area contributed by atoms with Gasteiger partial charge in [-0.15, -0.1) is 0 Å². The van der Waals surface area contributed by atoms with E-state index in [-0.39, 0.29) is 12.9 Å². The van der Waals surface area contributed by atoms with Gasteiger partial charge in [0.2, 0.25) is 6.79 Å². The maximum absolute atomic E-state index is 9.86. The number of benzene rings is 1. The summed E-state index contributed by atoms with van der Waals surface area (Å²) in [4.78, 5) is 6.62. The van der Waals surface area contributed by atoms with Gasteiger partial charge in [0.15, 0.2) is 11.5 Å². The molecule has 1 atom stereocenters. The SMILES string of the molecule is N#Cc1cc2cc3c(cc2nc1N1CCC[C@H](O)C1)OCO3. The Morgan fingerprint density at radius 1 is 1.27 bits per heavy atom. The number of aromatic nitrogens is 1. The summed E-state index contributed by atoms with van der Waals surface area (Å²) < 4.78 is 10.7. The minimum atomic E-state index is -0.366. The fraction of sp³-hybridized carbons (Fsp3) is 0.375. The Morgan fingerprint density at radius 3 is 2.86 bits per heavy atom. The highest BCUT2D eigenvalue weighted by molar-refractivity contribution is 5.86. The van der Waals surface area contributed by atoms with Gasteiger partial charge in [-0.3, -0.25) is 0 Å². The molecule has 4 rings (SSSR count). The van der Waals surface area contributed by atoms with Crippen molar-refractivity contribution in [3.05, 3.63) is 23.8 Å². The van der Waals surface area contributed by atoms with Crippen molar-refractivity contribution in [2.75, 3.05) is 24.8 Å². The van der Waals surface area contributed by atoms with Gasteiger partial charge in [0, 0.05) is 24.5 Å². The Balaban J connectivity index is 1.83. The average molecular weight is 297 g/mol. The molecule has 1 aromatic carbocycles. The third-order valence-electron chi connectivity index (χ3n) is 4.11. The van der Waals surface area contributed by atoms with E-state index in [0.717, 1.165) is 30.3 Å². The van der Waals surface area contributed by atoms with E-state index in [0.29, 0.717) is 29.4 Å². The Labute approximate surface area is 127 Å². The molecule has 1 aromatic heterocycles. The molecule has 3 heterocycles. The van der Waals surface area contributed by atoms with Gasteiger partial charge in [-0.05, 0) is 25.0 Å². The zero-order chi connectivity index (χ0) is 15.1. The number of nitrogens with zero attached hydrogens (tertiary/aromatic N) is 3. The Bertz CT molecular complexity index is 784. The lowest BCUT2D eigenvalue weighted by Gasteiger charge is -2.31. The summed E-state index contributed by atoms with van der Waals surface area (Å²) in [7, 11) is 0. The molecule has 6 nitrogen and oxygen atoms in total. The van der Waals surface area contributed by atoms with Gasteiger partial charge in [-0.1, -0.05) is 0 Å². The number of rotatable bonds is 1. The number of nitriles is 1. The van der Waals surface area contributed by atoms with Crippen LogP contribution in [-0.4, -0.2) is 36.1 Å². The molecule has 1 N–H and O–H groups in total. The number of hydrogen-bond donors (Lipinski definition) is 1. The van der Waals surface area contributed by atoms with Crippen LogP contribution < -0.4 is 14.4 Å². The number of hydrogen-bond acceptors (Lipinski definition) is 6. The van der Waals surface area contributed by atoms with Gasteiger partial charge in [0.05, 0.1) is 17.2 Å². The van der Waals surface area contributed by atoms with E-state index in [2.05, 4.69) is 11.1 Å². The Hall–Kier alpha value is -2.52. The predicted molar refractivity (Wildman–Crippen MR) is 80.0 cm³/mol. The first-order valence-corrected chi connectivity index (χ1v) is 7.32. The first-order valence-electron chi connectivity index (χ1n) is 7.32. The van der Waals surface area contributed by atoms with Crippen LogP contribution in [0.25, 0.3) is 10.9 Å². The molecule has 0 saturated carbocycles. The summed E-state index contributed by atoms with van der Waals surface area (Å²) in [6.45, 7) is 1.52. The van der Waals surface area contributed by atoms with Crippen molar-refractivity contribution >= 4 is 16.7 Å². The number of pyridine rings is 1. The second-order valence-corrected chi connectivity index (χ2v) is 5.61. The largest absolute Gasteiger partial charge is 0.454 e. The average Bonchev–Trinajstić information content (AvgIpc) is 2.98. The highest BCUT2D eigenvalue weighted by atomic mass is 16.7. The van der Waals surface area contributed by atoms with Crippen molar-refractivity contribution in [3.8, 4) is 17.6 Å². The van der Waals surface area contributed by atoms with E-state index in [4.69, 9.17) is 9.47 Å². The molecule has 0 spiro atoms. The second kappa shape index (κ2) is 5.04. The summed E-state index contributed by atoms with van der Waals surface area (Å²) in [6.07, 6.45) is 1.33. The molecule has 0 amide bonds. The minimum Gasteiger partial charge on any atom is -0.454 e. The number of aliphatic hydroxyl groups is 1. The number of β-amino-alcohol motifs (C(OH)–C–C–N with tert-alkyl or cyclic N) is 1. The van der Waals surface area contributed by atoms with Gasteiger partial charge < -0.3 is 19.5 Å². The van der Waals surface area contributed by atoms with Gasteiger partial charge >= 0.3 is 0 Å². The topological polar surface area (TPSA) is 78.6 Å². The molecule has 0 bridgehead atoms. The maximum Gasteiger partial charge on any atom is 0.231 e.